The van der Waals surface area contributed by atoms with Gasteiger partial charge in [-0.25, -0.2) is 4.98 Å². The van der Waals surface area contributed by atoms with E-state index in [2.05, 4.69) is 31.2 Å². The number of benzene rings is 1. The van der Waals surface area contributed by atoms with E-state index < -0.39 is 11.7 Å². The molecule has 1 heterocycles. The first-order valence-corrected chi connectivity index (χ1v) is 6.62. The van der Waals surface area contributed by atoms with Gasteiger partial charge in [-0.15, -0.1) is 0 Å². The lowest BCUT2D eigenvalue weighted by Crippen LogP contribution is -2.07. The summed E-state index contributed by atoms with van der Waals surface area (Å²) in [5.41, 5.74) is 0.197. The van der Waals surface area contributed by atoms with Crippen molar-refractivity contribution in [2.24, 2.45) is 0 Å². The van der Waals surface area contributed by atoms with E-state index in [-0.39, 0.29) is 17.5 Å². The number of methoxy groups -OCH3 is 1. The minimum absolute atomic E-state index is 0.150. The van der Waals surface area contributed by atoms with Crippen molar-refractivity contribution in [3.05, 3.63) is 40.0 Å². The van der Waals surface area contributed by atoms with Crippen LogP contribution < -0.4 is 10.1 Å². The molecule has 0 aliphatic heterocycles. The van der Waals surface area contributed by atoms with E-state index in [1.54, 1.807) is 6.92 Å². The molecule has 0 aliphatic carbocycles. The van der Waals surface area contributed by atoms with E-state index in [0.717, 1.165) is 12.1 Å². The van der Waals surface area contributed by atoms with E-state index in [1.807, 2.05) is 0 Å². The van der Waals surface area contributed by atoms with Crippen molar-refractivity contribution in [1.29, 1.82) is 0 Å². The Hall–Kier alpha value is -1.83. The third-order valence-electron chi connectivity index (χ3n) is 2.72. The Bertz CT molecular complexity index is 662. The number of hydrogen-bond acceptors (Lipinski definition) is 4. The third-order valence-corrected chi connectivity index (χ3v) is 3.26. The predicted octanol–water partition coefficient (Wildman–Crippen LogP) is 4.32. The number of aromatic nitrogens is 2. The number of ether oxygens (including phenoxy) is 1. The summed E-state index contributed by atoms with van der Waals surface area (Å²) < 4.78 is 43.7. The van der Waals surface area contributed by atoms with Gasteiger partial charge >= 0.3 is 6.18 Å². The van der Waals surface area contributed by atoms with Crippen molar-refractivity contribution in [3.8, 4) is 5.88 Å². The lowest BCUT2D eigenvalue weighted by Gasteiger charge is -2.13. The van der Waals surface area contributed by atoms with Gasteiger partial charge in [0.1, 0.15) is 0 Å². The molecule has 0 unspecified atom stereocenters. The van der Waals surface area contributed by atoms with Gasteiger partial charge in [-0.05, 0) is 40.5 Å². The first kappa shape index (κ1) is 15.6. The van der Waals surface area contributed by atoms with Crippen LogP contribution in [0.1, 0.15) is 11.1 Å². The van der Waals surface area contributed by atoms with Crippen molar-refractivity contribution in [1.82, 2.24) is 9.97 Å². The summed E-state index contributed by atoms with van der Waals surface area (Å²) in [7, 11) is 1.44. The Balaban J connectivity index is 2.35. The predicted molar refractivity (Wildman–Crippen MR) is 75.7 cm³/mol. The van der Waals surface area contributed by atoms with E-state index in [1.165, 1.54) is 19.4 Å². The molecule has 0 saturated heterocycles. The van der Waals surface area contributed by atoms with Crippen LogP contribution >= 0.6 is 15.9 Å². The quantitative estimate of drug-likeness (QED) is 0.884. The monoisotopic (exact) mass is 361 g/mol. The fourth-order valence-electron chi connectivity index (χ4n) is 1.61. The molecule has 1 N–H and O–H groups in total. The van der Waals surface area contributed by atoms with Gasteiger partial charge in [0.15, 0.2) is 0 Å². The molecular weight excluding hydrogens is 351 g/mol. The SMILES string of the molecule is COc1nc(Nc2cc(C(F)(F)F)ccc2C)ncc1Br. The first-order chi connectivity index (χ1) is 9.81. The number of nitrogens with zero attached hydrogens (tertiary/aromatic N) is 2. The smallest absolute Gasteiger partial charge is 0.416 e. The van der Waals surface area contributed by atoms with Crippen LogP contribution in [0.25, 0.3) is 0 Å². The summed E-state index contributed by atoms with van der Waals surface area (Å²) in [5, 5.41) is 2.76. The molecule has 0 atom stereocenters. The normalized spacial score (nSPS) is 11.3. The van der Waals surface area contributed by atoms with Crippen molar-refractivity contribution in [2.45, 2.75) is 13.1 Å². The number of nitrogens with one attached hydrogen (secondary N) is 1. The van der Waals surface area contributed by atoms with Crippen LogP contribution in [0.3, 0.4) is 0 Å². The van der Waals surface area contributed by atoms with Crippen LogP contribution in [0.4, 0.5) is 24.8 Å². The molecular formula is C13H11BrF3N3O. The van der Waals surface area contributed by atoms with Crippen LogP contribution in [0, 0.1) is 6.92 Å². The molecule has 0 aliphatic rings. The second-order valence-electron chi connectivity index (χ2n) is 4.20. The lowest BCUT2D eigenvalue weighted by molar-refractivity contribution is -0.137. The molecule has 21 heavy (non-hydrogen) atoms. The molecule has 0 radical (unpaired) electrons. The van der Waals surface area contributed by atoms with E-state index >= 15 is 0 Å². The highest BCUT2D eigenvalue weighted by Gasteiger charge is 2.30. The van der Waals surface area contributed by atoms with Gasteiger partial charge in [0.05, 0.1) is 23.3 Å². The number of hydrogen-bond donors (Lipinski definition) is 1. The molecule has 2 rings (SSSR count). The zero-order chi connectivity index (χ0) is 15.6. The van der Waals surface area contributed by atoms with E-state index in [9.17, 15) is 13.2 Å². The fraction of sp³-hybridized carbons (Fsp3) is 0.231. The first-order valence-electron chi connectivity index (χ1n) is 5.82. The van der Waals surface area contributed by atoms with Gasteiger partial charge in [-0.2, -0.15) is 18.2 Å². The topological polar surface area (TPSA) is 47.0 Å². The second-order valence-corrected chi connectivity index (χ2v) is 5.06. The standard InChI is InChI=1S/C13H11BrF3N3O/c1-7-3-4-8(13(15,16)17)5-10(7)19-12-18-6-9(14)11(20-12)21-2/h3-6H,1-2H3,(H,18,19,20). The molecule has 0 spiro atoms. The van der Waals surface area contributed by atoms with Crippen LogP contribution in [-0.2, 0) is 6.18 Å². The Kier molecular flexibility index (Phi) is 4.36. The van der Waals surface area contributed by atoms with Gasteiger partial charge in [-0.1, -0.05) is 6.07 Å². The minimum atomic E-state index is -4.40. The number of aryl methyl sites for hydroxylation is 1. The van der Waals surface area contributed by atoms with Crippen molar-refractivity contribution >= 4 is 27.6 Å². The Labute approximate surface area is 127 Å². The van der Waals surface area contributed by atoms with Crippen molar-refractivity contribution in [3.63, 3.8) is 0 Å². The van der Waals surface area contributed by atoms with Gasteiger partial charge < -0.3 is 10.1 Å². The van der Waals surface area contributed by atoms with Crippen LogP contribution in [0.5, 0.6) is 5.88 Å². The molecule has 0 amide bonds. The Morgan fingerprint density at radius 1 is 1.29 bits per heavy atom. The maximum absolute atomic E-state index is 12.7. The largest absolute Gasteiger partial charge is 0.480 e. The average Bonchev–Trinajstić information content (AvgIpc) is 2.42. The summed E-state index contributed by atoms with van der Waals surface area (Å²) in [5.74, 6) is 0.439. The molecule has 2 aromatic rings. The summed E-state index contributed by atoms with van der Waals surface area (Å²) >= 11 is 3.20. The molecule has 0 saturated carbocycles. The van der Waals surface area contributed by atoms with Gasteiger partial charge in [0.25, 0.3) is 0 Å². The van der Waals surface area contributed by atoms with Gasteiger partial charge in [0.2, 0.25) is 11.8 Å². The molecule has 1 aromatic carbocycles. The summed E-state index contributed by atoms with van der Waals surface area (Å²) in [6, 6.07) is 3.44. The number of halogens is 4. The van der Waals surface area contributed by atoms with Crippen LogP contribution in [0.2, 0.25) is 0 Å². The van der Waals surface area contributed by atoms with E-state index in [4.69, 9.17) is 4.74 Å². The molecule has 8 heteroatoms. The fourth-order valence-corrected chi connectivity index (χ4v) is 1.96. The average molecular weight is 362 g/mol. The van der Waals surface area contributed by atoms with Crippen molar-refractivity contribution < 1.29 is 17.9 Å². The zero-order valence-electron chi connectivity index (χ0n) is 11.1. The maximum Gasteiger partial charge on any atom is 0.416 e. The van der Waals surface area contributed by atoms with Gasteiger partial charge in [0, 0.05) is 5.69 Å². The maximum atomic E-state index is 12.7. The number of anilines is 2. The van der Waals surface area contributed by atoms with Gasteiger partial charge in [-0.3, -0.25) is 0 Å². The summed E-state index contributed by atoms with van der Waals surface area (Å²) in [6.07, 6.45) is -2.94. The molecule has 112 valence electrons. The minimum Gasteiger partial charge on any atom is -0.480 e. The van der Waals surface area contributed by atoms with Crippen LogP contribution in [0.15, 0.2) is 28.9 Å². The number of rotatable bonds is 3. The Morgan fingerprint density at radius 3 is 2.62 bits per heavy atom. The highest BCUT2D eigenvalue weighted by atomic mass is 79.9. The molecule has 0 bridgehead atoms. The lowest BCUT2D eigenvalue weighted by atomic mass is 10.1. The second kappa shape index (κ2) is 5.88. The number of alkyl halides is 3. The van der Waals surface area contributed by atoms with E-state index in [0.29, 0.717) is 10.0 Å². The molecule has 4 nitrogen and oxygen atoms in total. The van der Waals surface area contributed by atoms with Crippen LogP contribution in [-0.4, -0.2) is 17.1 Å². The Morgan fingerprint density at radius 2 is 2.00 bits per heavy atom. The zero-order valence-corrected chi connectivity index (χ0v) is 12.7. The van der Waals surface area contributed by atoms with Crippen molar-refractivity contribution in [2.75, 3.05) is 12.4 Å². The highest BCUT2D eigenvalue weighted by Crippen LogP contribution is 2.33. The highest BCUT2D eigenvalue weighted by molar-refractivity contribution is 9.10. The third kappa shape index (κ3) is 3.63. The summed E-state index contributed by atoms with van der Waals surface area (Å²) in [6.45, 7) is 1.69. The molecule has 0 fully saturated rings. The summed E-state index contributed by atoms with van der Waals surface area (Å²) in [4.78, 5) is 8.03. The molecule has 1 aromatic heterocycles.